The average molecular weight is 288 g/mol. The highest BCUT2D eigenvalue weighted by Crippen LogP contribution is 2.27. The van der Waals surface area contributed by atoms with E-state index in [2.05, 4.69) is 5.32 Å². The van der Waals surface area contributed by atoms with Gasteiger partial charge in [0.15, 0.2) is 0 Å². The lowest BCUT2D eigenvalue weighted by Crippen LogP contribution is -2.44. The van der Waals surface area contributed by atoms with Crippen LogP contribution in [0.4, 0.5) is 5.69 Å². The van der Waals surface area contributed by atoms with Gasteiger partial charge in [0.2, 0.25) is 0 Å². The number of aryl methyl sites for hydroxylation is 1. The first kappa shape index (κ1) is 15.9. The van der Waals surface area contributed by atoms with Gasteiger partial charge < -0.3 is 15.7 Å². The van der Waals surface area contributed by atoms with Crippen molar-refractivity contribution < 1.29 is 18.4 Å². The summed E-state index contributed by atoms with van der Waals surface area (Å²) in [5.74, 6) is 0. The molecule has 1 heterocycles. The maximum Gasteiger partial charge on any atom is 0.296 e. The van der Waals surface area contributed by atoms with Gasteiger partial charge in [-0.15, -0.1) is 0 Å². The molecule has 0 atom stereocenters. The second kappa shape index (κ2) is 6.33. The van der Waals surface area contributed by atoms with Gasteiger partial charge in [-0.25, -0.2) is 0 Å². The first-order valence-electron chi connectivity index (χ1n) is 6.08. The summed E-state index contributed by atoms with van der Waals surface area (Å²) in [5, 5.41) is 3.21. The maximum absolute atomic E-state index is 11.5. The Labute approximate surface area is 113 Å². The Kier molecular flexibility index (Phi) is 5.30. The summed E-state index contributed by atoms with van der Waals surface area (Å²) >= 11 is 0. The van der Waals surface area contributed by atoms with E-state index >= 15 is 0 Å². The molecule has 0 unspecified atom stereocenters. The van der Waals surface area contributed by atoms with Crippen LogP contribution in [0, 0.1) is 0 Å². The standard InChI is InChI=1S/C12H18N2O3S.H2O/c1-2-10-3-4-11(12(9-10)18(15,16)17)14-7-5-13-6-8-14;/h3-4,9,13H,2,5-8H2,1H3,(H,15,16,17);1H2. The lowest BCUT2D eigenvalue weighted by atomic mass is 10.1. The Morgan fingerprint density at radius 3 is 2.47 bits per heavy atom. The fourth-order valence-corrected chi connectivity index (χ4v) is 2.91. The lowest BCUT2D eigenvalue weighted by Gasteiger charge is -2.30. The summed E-state index contributed by atoms with van der Waals surface area (Å²) in [5.41, 5.74) is 1.50. The first-order chi connectivity index (χ1) is 8.52. The Balaban J connectivity index is 0.00000180. The molecule has 1 aliphatic heterocycles. The van der Waals surface area contributed by atoms with E-state index in [9.17, 15) is 13.0 Å². The van der Waals surface area contributed by atoms with Crippen molar-refractivity contribution in [2.45, 2.75) is 18.2 Å². The van der Waals surface area contributed by atoms with Crippen LogP contribution in [-0.2, 0) is 16.5 Å². The minimum absolute atomic E-state index is 0. The number of nitrogens with one attached hydrogen (secondary N) is 1. The predicted octanol–water partition coefficient (Wildman–Crippen LogP) is 0.0806. The largest absolute Gasteiger partial charge is 0.412 e. The van der Waals surface area contributed by atoms with Crippen LogP contribution < -0.4 is 10.2 Å². The molecule has 1 aromatic carbocycles. The van der Waals surface area contributed by atoms with Crippen molar-refractivity contribution >= 4 is 15.8 Å². The third-order valence-corrected chi connectivity index (χ3v) is 4.05. The molecule has 0 saturated carbocycles. The summed E-state index contributed by atoms with van der Waals surface area (Å²) < 4.78 is 32.3. The molecule has 4 N–H and O–H groups in total. The zero-order valence-electron chi connectivity index (χ0n) is 10.9. The van der Waals surface area contributed by atoms with Crippen molar-refractivity contribution in [2.24, 2.45) is 0 Å². The Hall–Kier alpha value is -1.15. The molecule has 2 rings (SSSR count). The van der Waals surface area contributed by atoms with Gasteiger partial charge in [0.1, 0.15) is 4.90 Å². The SMILES string of the molecule is CCc1ccc(N2CCNCC2)c(S(=O)(=O)O)c1.O. The van der Waals surface area contributed by atoms with Crippen LogP contribution in [0.5, 0.6) is 0 Å². The molecule has 0 amide bonds. The molecule has 0 bridgehead atoms. The predicted molar refractivity (Wildman–Crippen MR) is 74.3 cm³/mol. The summed E-state index contributed by atoms with van der Waals surface area (Å²) in [6, 6.07) is 5.26. The molecule has 7 heteroatoms. The van der Waals surface area contributed by atoms with E-state index in [4.69, 9.17) is 0 Å². The normalized spacial score (nSPS) is 16.0. The lowest BCUT2D eigenvalue weighted by molar-refractivity contribution is 0.482. The average Bonchev–Trinajstić information content (AvgIpc) is 2.38. The molecule has 19 heavy (non-hydrogen) atoms. The van der Waals surface area contributed by atoms with E-state index in [1.807, 2.05) is 17.9 Å². The zero-order chi connectivity index (χ0) is 13.2. The van der Waals surface area contributed by atoms with E-state index in [1.165, 1.54) is 0 Å². The summed E-state index contributed by atoms with van der Waals surface area (Å²) in [7, 11) is -4.18. The van der Waals surface area contributed by atoms with E-state index in [-0.39, 0.29) is 10.4 Å². The number of piperazine rings is 1. The van der Waals surface area contributed by atoms with Crippen LogP contribution in [0.25, 0.3) is 0 Å². The zero-order valence-corrected chi connectivity index (χ0v) is 11.7. The van der Waals surface area contributed by atoms with Crippen LogP contribution in [0.2, 0.25) is 0 Å². The van der Waals surface area contributed by atoms with E-state index in [0.29, 0.717) is 5.69 Å². The molecule has 0 radical (unpaired) electrons. The topological polar surface area (TPSA) is 101 Å². The van der Waals surface area contributed by atoms with Gasteiger partial charge >= 0.3 is 0 Å². The summed E-state index contributed by atoms with van der Waals surface area (Å²) in [4.78, 5) is 2.00. The van der Waals surface area contributed by atoms with Gasteiger partial charge in [0, 0.05) is 26.2 Å². The van der Waals surface area contributed by atoms with Crippen molar-refractivity contribution in [1.82, 2.24) is 5.32 Å². The molecular weight excluding hydrogens is 268 g/mol. The number of benzene rings is 1. The molecule has 6 nitrogen and oxygen atoms in total. The van der Waals surface area contributed by atoms with Crippen LogP contribution >= 0.6 is 0 Å². The Morgan fingerprint density at radius 1 is 1.32 bits per heavy atom. The molecule has 0 aromatic heterocycles. The van der Waals surface area contributed by atoms with Crippen molar-refractivity contribution in [3.8, 4) is 0 Å². The maximum atomic E-state index is 11.5. The number of rotatable bonds is 3. The van der Waals surface area contributed by atoms with Crippen molar-refractivity contribution in [3.63, 3.8) is 0 Å². The first-order valence-corrected chi connectivity index (χ1v) is 7.52. The van der Waals surface area contributed by atoms with Gasteiger partial charge in [0.05, 0.1) is 5.69 Å². The molecular formula is C12H20N2O4S. The van der Waals surface area contributed by atoms with E-state index in [0.717, 1.165) is 38.2 Å². The second-order valence-corrected chi connectivity index (χ2v) is 5.76. The van der Waals surface area contributed by atoms with Gasteiger partial charge in [-0.1, -0.05) is 13.0 Å². The highest BCUT2D eigenvalue weighted by Gasteiger charge is 2.21. The van der Waals surface area contributed by atoms with Crippen molar-refractivity contribution in [1.29, 1.82) is 0 Å². The van der Waals surface area contributed by atoms with Gasteiger partial charge in [-0.2, -0.15) is 8.42 Å². The van der Waals surface area contributed by atoms with E-state index in [1.54, 1.807) is 12.1 Å². The van der Waals surface area contributed by atoms with Crippen molar-refractivity contribution in [2.75, 3.05) is 31.1 Å². The van der Waals surface area contributed by atoms with Gasteiger partial charge in [-0.05, 0) is 24.1 Å². The molecule has 1 aliphatic rings. The number of nitrogens with zero attached hydrogens (tertiary/aromatic N) is 1. The highest BCUT2D eigenvalue weighted by molar-refractivity contribution is 7.86. The van der Waals surface area contributed by atoms with Crippen LogP contribution in [-0.4, -0.2) is 44.6 Å². The minimum atomic E-state index is -4.18. The highest BCUT2D eigenvalue weighted by atomic mass is 32.2. The third-order valence-electron chi connectivity index (χ3n) is 3.17. The summed E-state index contributed by atoms with van der Waals surface area (Å²) in [6.07, 6.45) is 0.740. The van der Waals surface area contributed by atoms with Gasteiger partial charge in [-0.3, -0.25) is 4.55 Å². The van der Waals surface area contributed by atoms with Crippen molar-refractivity contribution in [3.05, 3.63) is 23.8 Å². The minimum Gasteiger partial charge on any atom is -0.412 e. The molecule has 0 spiro atoms. The third kappa shape index (κ3) is 3.66. The van der Waals surface area contributed by atoms with Crippen LogP contribution in [0.3, 0.4) is 0 Å². The van der Waals surface area contributed by atoms with Crippen LogP contribution in [0.15, 0.2) is 23.1 Å². The Morgan fingerprint density at radius 2 is 1.95 bits per heavy atom. The quantitative estimate of drug-likeness (QED) is 0.767. The van der Waals surface area contributed by atoms with E-state index < -0.39 is 10.1 Å². The molecule has 1 saturated heterocycles. The number of anilines is 1. The fourth-order valence-electron chi connectivity index (χ4n) is 2.15. The number of hydrogen-bond donors (Lipinski definition) is 2. The smallest absolute Gasteiger partial charge is 0.296 e. The van der Waals surface area contributed by atoms with Gasteiger partial charge in [0.25, 0.3) is 10.1 Å². The fraction of sp³-hybridized carbons (Fsp3) is 0.500. The summed E-state index contributed by atoms with van der Waals surface area (Å²) in [6.45, 7) is 5.08. The molecule has 108 valence electrons. The van der Waals surface area contributed by atoms with Crippen LogP contribution in [0.1, 0.15) is 12.5 Å². The number of hydrogen-bond acceptors (Lipinski definition) is 4. The molecule has 0 aliphatic carbocycles. The Bertz CT molecular complexity index is 525. The monoisotopic (exact) mass is 288 g/mol. The molecule has 1 fully saturated rings. The molecule has 1 aromatic rings. The second-order valence-electron chi connectivity index (χ2n) is 4.37.